The molecule has 1 aromatic carbocycles. The Labute approximate surface area is 128 Å². The van der Waals surface area contributed by atoms with Crippen LogP contribution < -0.4 is 4.74 Å². The van der Waals surface area contributed by atoms with Gasteiger partial charge < -0.3 is 4.74 Å². The molecule has 0 N–H and O–H groups in total. The number of nitrogens with zero attached hydrogens (tertiary/aromatic N) is 2. The fourth-order valence-corrected chi connectivity index (χ4v) is 2.99. The highest BCUT2D eigenvalue weighted by atomic mass is 35.5. The maximum atomic E-state index is 13.8. The monoisotopic (exact) mass is 306 g/mol. The largest absolute Gasteiger partial charge is 0.492 e. The van der Waals surface area contributed by atoms with Gasteiger partial charge in [-0.25, -0.2) is 4.39 Å². The molecule has 1 aromatic heterocycles. The van der Waals surface area contributed by atoms with Crippen LogP contribution in [-0.2, 0) is 6.54 Å². The van der Waals surface area contributed by atoms with E-state index in [1.165, 1.54) is 18.7 Å². The molecule has 1 aliphatic rings. The van der Waals surface area contributed by atoms with Gasteiger partial charge in [0.15, 0.2) is 11.6 Å². The Kier molecular flexibility index (Phi) is 4.08. The molecule has 5 heteroatoms. The van der Waals surface area contributed by atoms with Crippen LogP contribution in [0, 0.1) is 5.82 Å². The number of likely N-dealkylation sites (tertiary alicyclic amines) is 1. The molecular weight excluding hydrogens is 291 g/mol. The van der Waals surface area contributed by atoms with Crippen molar-refractivity contribution in [2.24, 2.45) is 0 Å². The summed E-state index contributed by atoms with van der Waals surface area (Å²) < 4.78 is 18.7. The van der Waals surface area contributed by atoms with Gasteiger partial charge in [-0.05, 0) is 29.3 Å². The van der Waals surface area contributed by atoms with E-state index in [2.05, 4.69) is 16.0 Å². The lowest BCUT2D eigenvalue weighted by atomic mass is 9.92. The molecule has 0 radical (unpaired) electrons. The molecule has 21 heavy (non-hydrogen) atoms. The highest BCUT2D eigenvalue weighted by molar-refractivity contribution is 6.32. The molecule has 0 amide bonds. The van der Waals surface area contributed by atoms with Crippen molar-refractivity contribution in [3.05, 3.63) is 58.6 Å². The molecular formula is C16H16ClFN2O. The number of halogens is 2. The first-order valence-electron chi connectivity index (χ1n) is 6.81. The summed E-state index contributed by atoms with van der Waals surface area (Å²) in [7, 11) is 1.41. The number of hydrogen-bond acceptors (Lipinski definition) is 3. The second-order valence-corrected chi connectivity index (χ2v) is 5.68. The van der Waals surface area contributed by atoms with E-state index in [-0.39, 0.29) is 5.75 Å². The van der Waals surface area contributed by atoms with Crippen LogP contribution in [0.2, 0.25) is 5.02 Å². The first kappa shape index (κ1) is 14.3. The van der Waals surface area contributed by atoms with Gasteiger partial charge in [-0.15, -0.1) is 0 Å². The van der Waals surface area contributed by atoms with Gasteiger partial charge in [0.05, 0.1) is 12.1 Å². The van der Waals surface area contributed by atoms with Crippen LogP contribution >= 0.6 is 11.6 Å². The minimum absolute atomic E-state index is 0.109. The molecule has 0 saturated carbocycles. The van der Waals surface area contributed by atoms with E-state index < -0.39 is 5.82 Å². The molecule has 2 heterocycles. The van der Waals surface area contributed by atoms with E-state index in [4.69, 9.17) is 16.3 Å². The van der Waals surface area contributed by atoms with Gasteiger partial charge in [-0.1, -0.05) is 17.7 Å². The van der Waals surface area contributed by atoms with E-state index in [1.807, 2.05) is 12.3 Å². The van der Waals surface area contributed by atoms with Crippen LogP contribution in [0.15, 0.2) is 36.7 Å². The Balaban J connectivity index is 1.62. The number of methoxy groups -OCH3 is 1. The Morgan fingerprint density at radius 3 is 2.86 bits per heavy atom. The normalized spacial score (nSPS) is 15.8. The third-order valence-corrected chi connectivity index (χ3v) is 4.06. The third-order valence-electron chi connectivity index (χ3n) is 3.78. The molecule has 3 rings (SSSR count). The summed E-state index contributed by atoms with van der Waals surface area (Å²) >= 11 is 6.01. The average Bonchev–Trinajstić information content (AvgIpc) is 2.43. The van der Waals surface area contributed by atoms with Crippen LogP contribution in [0.25, 0.3) is 0 Å². The fourth-order valence-electron chi connectivity index (χ4n) is 2.68. The van der Waals surface area contributed by atoms with Gasteiger partial charge in [-0.3, -0.25) is 9.88 Å². The van der Waals surface area contributed by atoms with Crippen molar-refractivity contribution >= 4 is 11.6 Å². The van der Waals surface area contributed by atoms with E-state index >= 15 is 0 Å². The van der Waals surface area contributed by atoms with Crippen LogP contribution in [0.4, 0.5) is 4.39 Å². The SMILES string of the molecule is COc1c(F)cc(CN2CC(c3cccnc3)C2)cc1Cl. The minimum Gasteiger partial charge on any atom is -0.492 e. The lowest BCUT2D eigenvalue weighted by Crippen LogP contribution is -2.44. The lowest BCUT2D eigenvalue weighted by molar-refractivity contribution is 0.139. The topological polar surface area (TPSA) is 25.4 Å². The molecule has 0 bridgehead atoms. The predicted octanol–water partition coefficient (Wildman–Crippen LogP) is 3.48. The van der Waals surface area contributed by atoms with Gasteiger partial charge in [0, 0.05) is 37.9 Å². The molecule has 0 aliphatic carbocycles. The van der Waals surface area contributed by atoms with Crippen LogP contribution in [0.3, 0.4) is 0 Å². The zero-order valence-corrected chi connectivity index (χ0v) is 12.5. The molecule has 1 aliphatic heterocycles. The van der Waals surface area contributed by atoms with Gasteiger partial charge in [0.2, 0.25) is 0 Å². The van der Waals surface area contributed by atoms with Gasteiger partial charge in [0.25, 0.3) is 0 Å². The smallest absolute Gasteiger partial charge is 0.173 e. The van der Waals surface area contributed by atoms with Crippen LogP contribution in [0.5, 0.6) is 5.75 Å². The Morgan fingerprint density at radius 1 is 1.43 bits per heavy atom. The van der Waals surface area contributed by atoms with Gasteiger partial charge in [-0.2, -0.15) is 0 Å². The number of hydrogen-bond donors (Lipinski definition) is 0. The van der Waals surface area contributed by atoms with Crippen molar-refractivity contribution in [1.82, 2.24) is 9.88 Å². The first-order valence-corrected chi connectivity index (χ1v) is 7.19. The molecule has 0 atom stereocenters. The third kappa shape index (κ3) is 3.01. The molecule has 1 saturated heterocycles. The Bertz CT molecular complexity index is 606. The molecule has 0 spiro atoms. The number of pyridine rings is 1. The summed E-state index contributed by atoms with van der Waals surface area (Å²) in [5, 5.41) is 0.317. The van der Waals surface area contributed by atoms with Crippen molar-refractivity contribution in [2.75, 3.05) is 20.2 Å². The fraction of sp³-hybridized carbons (Fsp3) is 0.312. The maximum absolute atomic E-state index is 13.8. The summed E-state index contributed by atoms with van der Waals surface area (Å²) in [4.78, 5) is 6.40. The van der Waals surface area contributed by atoms with Crippen molar-refractivity contribution in [2.45, 2.75) is 12.5 Å². The molecule has 1 fully saturated rings. The lowest BCUT2D eigenvalue weighted by Gasteiger charge is -2.39. The Hall–Kier alpha value is -1.65. The molecule has 110 valence electrons. The second kappa shape index (κ2) is 6.00. The second-order valence-electron chi connectivity index (χ2n) is 5.27. The van der Waals surface area contributed by atoms with E-state index in [9.17, 15) is 4.39 Å². The summed E-state index contributed by atoms with van der Waals surface area (Å²) in [6, 6.07) is 7.30. The molecule has 0 unspecified atom stereocenters. The quantitative estimate of drug-likeness (QED) is 0.864. The van der Waals surface area contributed by atoms with E-state index in [0.717, 1.165) is 18.7 Å². The zero-order valence-electron chi connectivity index (χ0n) is 11.7. The predicted molar refractivity (Wildman–Crippen MR) is 80.2 cm³/mol. The number of aromatic nitrogens is 1. The molecule has 3 nitrogen and oxygen atoms in total. The standard InChI is InChI=1S/C16H16ClFN2O/c1-21-16-14(17)5-11(6-15(16)18)8-20-9-13(10-20)12-3-2-4-19-7-12/h2-7,13H,8-10H2,1H3. The van der Waals surface area contributed by atoms with E-state index in [0.29, 0.717) is 17.5 Å². The summed E-state index contributed by atoms with van der Waals surface area (Å²) in [5.41, 5.74) is 2.12. The summed E-state index contributed by atoms with van der Waals surface area (Å²) in [5.74, 6) is 0.207. The van der Waals surface area contributed by atoms with Gasteiger partial charge >= 0.3 is 0 Å². The maximum Gasteiger partial charge on any atom is 0.173 e. The van der Waals surface area contributed by atoms with Crippen molar-refractivity contribution in [1.29, 1.82) is 0 Å². The summed E-state index contributed by atoms with van der Waals surface area (Å²) in [6.45, 7) is 2.60. The minimum atomic E-state index is -0.413. The van der Waals surface area contributed by atoms with Crippen LogP contribution in [-0.4, -0.2) is 30.1 Å². The number of ether oxygens (including phenoxy) is 1. The van der Waals surface area contributed by atoms with Crippen LogP contribution in [0.1, 0.15) is 17.0 Å². The van der Waals surface area contributed by atoms with Crippen molar-refractivity contribution in [3.8, 4) is 5.75 Å². The van der Waals surface area contributed by atoms with Crippen molar-refractivity contribution < 1.29 is 9.13 Å². The first-order chi connectivity index (χ1) is 10.2. The average molecular weight is 307 g/mol. The highest BCUT2D eigenvalue weighted by Crippen LogP contribution is 2.32. The Morgan fingerprint density at radius 2 is 2.24 bits per heavy atom. The molecule has 2 aromatic rings. The summed E-state index contributed by atoms with van der Waals surface area (Å²) in [6.07, 6.45) is 3.69. The van der Waals surface area contributed by atoms with E-state index in [1.54, 1.807) is 12.3 Å². The highest BCUT2D eigenvalue weighted by Gasteiger charge is 2.28. The number of rotatable bonds is 4. The van der Waals surface area contributed by atoms with Crippen molar-refractivity contribution in [3.63, 3.8) is 0 Å². The zero-order chi connectivity index (χ0) is 14.8. The van der Waals surface area contributed by atoms with Gasteiger partial charge in [0.1, 0.15) is 0 Å². The number of benzene rings is 1.